The van der Waals surface area contributed by atoms with E-state index in [2.05, 4.69) is 0 Å². The third kappa shape index (κ3) is 2.79. The summed E-state index contributed by atoms with van der Waals surface area (Å²) >= 11 is 0. The van der Waals surface area contributed by atoms with E-state index in [1.165, 1.54) is 6.07 Å². The molecule has 0 amide bonds. The van der Waals surface area contributed by atoms with Crippen molar-refractivity contribution in [3.8, 4) is 5.75 Å². The molecule has 0 saturated heterocycles. The molecule has 0 fully saturated rings. The second-order valence-electron chi connectivity index (χ2n) is 5.08. The number of hydrogen-bond donors (Lipinski definition) is 0. The predicted molar refractivity (Wildman–Crippen MR) is 89.1 cm³/mol. The lowest BCUT2D eigenvalue weighted by Gasteiger charge is -2.06. The van der Waals surface area contributed by atoms with Crippen LogP contribution in [0.3, 0.4) is 0 Å². The summed E-state index contributed by atoms with van der Waals surface area (Å²) in [4.78, 5) is 12.3. The van der Waals surface area contributed by atoms with Gasteiger partial charge in [0.25, 0.3) is 0 Å². The smallest absolute Gasteiger partial charge is 0.193 e. The number of aryl methyl sites for hydroxylation is 1. The van der Waals surface area contributed by atoms with E-state index in [9.17, 15) is 4.79 Å². The molecule has 2 aromatic carbocycles. The van der Waals surface area contributed by atoms with E-state index < -0.39 is 0 Å². The number of fused-ring (bicyclic) bond motifs is 1. The molecule has 0 unspecified atom stereocenters. The highest BCUT2D eigenvalue weighted by Gasteiger charge is 2.08. The zero-order valence-corrected chi connectivity index (χ0v) is 12.5. The molecule has 0 aliphatic heterocycles. The Morgan fingerprint density at radius 3 is 2.55 bits per heavy atom. The van der Waals surface area contributed by atoms with Crippen molar-refractivity contribution in [2.45, 2.75) is 6.92 Å². The highest BCUT2D eigenvalue weighted by atomic mass is 16.5. The first kappa shape index (κ1) is 14.1. The Morgan fingerprint density at radius 2 is 1.82 bits per heavy atom. The summed E-state index contributed by atoms with van der Waals surface area (Å²) in [5.41, 5.74) is 2.45. The van der Waals surface area contributed by atoms with Crippen LogP contribution in [0.5, 0.6) is 5.75 Å². The maximum absolute atomic E-state index is 12.3. The topological polar surface area (TPSA) is 39.4 Å². The number of benzene rings is 2. The van der Waals surface area contributed by atoms with E-state index in [1.807, 2.05) is 49.4 Å². The number of hydrogen-bond acceptors (Lipinski definition) is 3. The van der Waals surface area contributed by atoms with Gasteiger partial charge in [0.15, 0.2) is 5.43 Å². The van der Waals surface area contributed by atoms with Gasteiger partial charge < -0.3 is 9.15 Å². The van der Waals surface area contributed by atoms with E-state index in [1.54, 1.807) is 19.3 Å². The quantitative estimate of drug-likeness (QED) is 0.723. The average Bonchev–Trinajstić information content (AvgIpc) is 2.54. The molecular weight excluding hydrogens is 276 g/mol. The summed E-state index contributed by atoms with van der Waals surface area (Å²) in [6.45, 7) is 1.90. The van der Waals surface area contributed by atoms with Crippen LogP contribution in [0.15, 0.2) is 57.7 Å². The van der Waals surface area contributed by atoms with Crippen LogP contribution in [0, 0.1) is 6.92 Å². The van der Waals surface area contributed by atoms with Crippen molar-refractivity contribution in [1.82, 2.24) is 0 Å². The molecule has 0 atom stereocenters. The third-order valence-corrected chi connectivity index (χ3v) is 3.48. The molecule has 0 spiro atoms. The van der Waals surface area contributed by atoms with E-state index in [-0.39, 0.29) is 5.43 Å². The molecular formula is C19H16O3. The lowest BCUT2D eigenvalue weighted by Crippen LogP contribution is -2.02. The minimum Gasteiger partial charge on any atom is -0.497 e. The SMILES string of the molecule is COc1cc(C)c2oc(/C=C/c3ccccc3)cc(=O)c2c1. The van der Waals surface area contributed by atoms with Crippen molar-refractivity contribution in [2.24, 2.45) is 0 Å². The first-order chi connectivity index (χ1) is 10.7. The normalized spacial score (nSPS) is 11.2. The van der Waals surface area contributed by atoms with Gasteiger partial charge in [-0.1, -0.05) is 36.4 Å². The van der Waals surface area contributed by atoms with Crippen molar-refractivity contribution in [3.63, 3.8) is 0 Å². The van der Waals surface area contributed by atoms with Crippen LogP contribution in [0.2, 0.25) is 0 Å². The van der Waals surface area contributed by atoms with Crippen LogP contribution in [-0.2, 0) is 0 Å². The van der Waals surface area contributed by atoms with Crippen LogP contribution in [-0.4, -0.2) is 7.11 Å². The zero-order valence-electron chi connectivity index (χ0n) is 12.5. The molecule has 3 nitrogen and oxygen atoms in total. The second-order valence-corrected chi connectivity index (χ2v) is 5.08. The summed E-state index contributed by atoms with van der Waals surface area (Å²) in [6.07, 6.45) is 3.73. The summed E-state index contributed by atoms with van der Waals surface area (Å²) in [7, 11) is 1.58. The molecule has 0 saturated carbocycles. The van der Waals surface area contributed by atoms with Gasteiger partial charge in [0.1, 0.15) is 17.1 Å². The Balaban J connectivity index is 2.08. The lowest BCUT2D eigenvalue weighted by molar-refractivity contribution is 0.414. The Labute approximate surface area is 128 Å². The molecule has 0 aliphatic carbocycles. The van der Waals surface area contributed by atoms with Crippen molar-refractivity contribution in [3.05, 3.63) is 75.6 Å². The van der Waals surface area contributed by atoms with Crippen molar-refractivity contribution < 1.29 is 9.15 Å². The van der Waals surface area contributed by atoms with Gasteiger partial charge in [-0.25, -0.2) is 0 Å². The number of ether oxygens (including phenoxy) is 1. The van der Waals surface area contributed by atoms with Crippen molar-refractivity contribution in [2.75, 3.05) is 7.11 Å². The van der Waals surface area contributed by atoms with E-state index in [0.717, 1.165) is 11.1 Å². The summed E-state index contributed by atoms with van der Waals surface area (Å²) in [5.74, 6) is 1.19. The van der Waals surface area contributed by atoms with Gasteiger partial charge in [-0.2, -0.15) is 0 Å². The monoisotopic (exact) mass is 292 g/mol. The predicted octanol–water partition coefficient (Wildman–Crippen LogP) is 4.28. The van der Waals surface area contributed by atoms with Gasteiger partial charge in [-0.3, -0.25) is 4.79 Å². The molecule has 0 bridgehead atoms. The number of rotatable bonds is 3. The Bertz CT molecular complexity index is 890. The molecule has 3 heteroatoms. The standard InChI is InChI=1S/C19H16O3/c1-13-10-16(21-2)11-17-18(20)12-15(22-19(13)17)9-8-14-6-4-3-5-7-14/h3-12H,1-2H3/b9-8+. The van der Waals surface area contributed by atoms with Gasteiger partial charge in [0.05, 0.1) is 12.5 Å². The average molecular weight is 292 g/mol. The maximum atomic E-state index is 12.3. The van der Waals surface area contributed by atoms with Gasteiger partial charge in [-0.15, -0.1) is 0 Å². The summed E-state index contributed by atoms with van der Waals surface area (Å²) in [6, 6.07) is 14.9. The van der Waals surface area contributed by atoms with Crippen LogP contribution in [0.25, 0.3) is 23.1 Å². The minimum atomic E-state index is -0.0732. The zero-order chi connectivity index (χ0) is 15.5. The third-order valence-electron chi connectivity index (χ3n) is 3.48. The highest BCUT2D eigenvalue weighted by Crippen LogP contribution is 2.24. The summed E-state index contributed by atoms with van der Waals surface area (Å²) in [5, 5.41) is 0.536. The molecule has 1 heterocycles. The van der Waals surface area contributed by atoms with E-state index >= 15 is 0 Å². The highest BCUT2D eigenvalue weighted by molar-refractivity contribution is 5.82. The van der Waals surface area contributed by atoms with Gasteiger partial charge in [0.2, 0.25) is 0 Å². The van der Waals surface area contributed by atoms with Crippen LogP contribution < -0.4 is 10.2 Å². The van der Waals surface area contributed by atoms with Crippen LogP contribution >= 0.6 is 0 Å². The molecule has 0 radical (unpaired) electrons. The molecule has 0 aliphatic rings. The van der Waals surface area contributed by atoms with Crippen LogP contribution in [0.4, 0.5) is 0 Å². The van der Waals surface area contributed by atoms with Crippen molar-refractivity contribution >= 4 is 23.1 Å². The molecule has 0 N–H and O–H groups in total. The Morgan fingerprint density at radius 1 is 1.05 bits per heavy atom. The summed E-state index contributed by atoms with van der Waals surface area (Å²) < 4.78 is 11.1. The molecule has 22 heavy (non-hydrogen) atoms. The first-order valence-electron chi connectivity index (χ1n) is 7.03. The fourth-order valence-electron chi connectivity index (χ4n) is 2.36. The Kier molecular flexibility index (Phi) is 3.79. The van der Waals surface area contributed by atoms with Crippen LogP contribution in [0.1, 0.15) is 16.9 Å². The maximum Gasteiger partial charge on any atom is 0.193 e. The molecule has 3 aromatic rings. The van der Waals surface area contributed by atoms with E-state index in [4.69, 9.17) is 9.15 Å². The fourth-order valence-corrected chi connectivity index (χ4v) is 2.36. The number of methoxy groups -OCH3 is 1. The van der Waals surface area contributed by atoms with Gasteiger partial charge >= 0.3 is 0 Å². The van der Waals surface area contributed by atoms with Gasteiger partial charge in [-0.05, 0) is 36.3 Å². The molecule has 3 rings (SSSR count). The van der Waals surface area contributed by atoms with E-state index in [0.29, 0.717) is 22.5 Å². The lowest BCUT2D eigenvalue weighted by atomic mass is 10.1. The largest absolute Gasteiger partial charge is 0.497 e. The second kappa shape index (κ2) is 5.90. The Hall–Kier alpha value is -2.81. The molecule has 1 aromatic heterocycles. The fraction of sp³-hybridized carbons (Fsp3) is 0.105. The van der Waals surface area contributed by atoms with Gasteiger partial charge in [0, 0.05) is 6.07 Å². The molecule has 110 valence electrons. The van der Waals surface area contributed by atoms with Crippen molar-refractivity contribution in [1.29, 1.82) is 0 Å². The first-order valence-corrected chi connectivity index (χ1v) is 7.03. The minimum absolute atomic E-state index is 0.0732.